The highest BCUT2D eigenvalue weighted by molar-refractivity contribution is 6.27. The fourth-order valence-corrected chi connectivity index (χ4v) is 2.57. The van der Waals surface area contributed by atoms with Gasteiger partial charge in [0.2, 0.25) is 0 Å². The molecular formula is C17H24N2O7. The van der Waals surface area contributed by atoms with Gasteiger partial charge in [0.25, 0.3) is 5.69 Å². The van der Waals surface area contributed by atoms with Crippen LogP contribution in [-0.4, -0.2) is 58.2 Å². The van der Waals surface area contributed by atoms with Crippen molar-refractivity contribution >= 4 is 17.6 Å². The molecular weight excluding hydrogens is 344 g/mol. The van der Waals surface area contributed by atoms with Crippen LogP contribution in [0.3, 0.4) is 0 Å². The molecule has 2 N–H and O–H groups in total. The van der Waals surface area contributed by atoms with E-state index in [0.29, 0.717) is 17.9 Å². The third kappa shape index (κ3) is 7.93. The molecule has 1 heterocycles. The maximum atomic E-state index is 10.7. The van der Waals surface area contributed by atoms with E-state index in [-0.39, 0.29) is 10.6 Å². The molecule has 0 aromatic heterocycles. The monoisotopic (exact) mass is 368 g/mol. The Morgan fingerprint density at radius 3 is 2.19 bits per heavy atom. The van der Waals surface area contributed by atoms with E-state index < -0.39 is 11.9 Å². The van der Waals surface area contributed by atoms with Gasteiger partial charge < -0.3 is 14.9 Å². The lowest BCUT2D eigenvalue weighted by Gasteiger charge is -2.19. The van der Waals surface area contributed by atoms with Crippen molar-refractivity contribution in [2.24, 2.45) is 0 Å². The van der Waals surface area contributed by atoms with Crippen molar-refractivity contribution < 1.29 is 29.5 Å². The zero-order valence-corrected chi connectivity index (χ0v) is 14.7. The van der Waals surface area contributed by atoms with Crippen LogP contribution < -0.4 is 4.74 Å². The maximum absolute atomic E-state index is 10.7. The number of nitro groups is 1. The molecule has 1 aliphatic rings. The van der Waals surface area contributed by atoms with E-state index >= 15 is 0 Å². The van der Waals surface area contributed by atoms with Crippen LogP contribution in [0.15, 0.2) is 18.2 Å². The summed E-state index contributed by atoms with van der Waals surface area (Å²) >= 11 is 0. The second-order valence-electron chi connectivity index (χ2n) is 5.92. The molecule has 144 valence electrons. The van der Waals surface area contributed by atoms with E-state index in [2.05, 4.69) is 4.90 Å². The maximum Gasteiger partial charge on any atom is 0.414 e. The molecule has 0 spiro atoms. The van der Waals surface area contributed by atoms with Gasteiger partial charge in [-0.25, -0.2) is 9.59 Å². The molecule has 0 bridgehead atoms. The molecule has 0 unspecified atom stereocenters. The molecule has 1 fully saturated rings. The fraction of sp³-hybridized carbons (Fsp3) is 0.529. The summed E-state index contributed by atoms with van der Waals surface area (Å²) in [5, 5.41) is 25.5. The molecule has 9 heteroatoms. The van der Waals surface area contributed by atoms with Gasteiger partial charge in [0.05, 0.1) is 4.92 Å². The Bertz CT molecular complexity index is 614. The molecule has 0 radical (unpaired) electrons. The molecule has 1 aliphatic heterocycles. The molecule has 2 rings (SSSR count). The van der Waals surface area contributed by atoms with E-state index in [1.807, 2.05) is 0 Å². The number of carbonyl (C=O) groups is 2. The summed E-state index contributed by atoms with van der Waals surface area (Å²) in [6, 6.07) is 4.92. The van der Waals surface area contributed by atoms with Crippen LogP contribution in [0.4, 0.5) is 5.69 Å². The first-order chi connectivity index (χ1) is 12.3. The highest BCUT2D eigenvalue weighted by Gasteiger charge is 2.12. The number of carboxylic acids is 2. The lowest BCUT2D eigenvalue weighted by Crippen LogP contribution is -2.29. The van der Waals surface area contributed by atoms with Gasteiger partial charge >= 0.3 is 11.9 Å². The minimum absolute atomic E-state index is 0.143. The van der Waals surface area contributed by atoms with Crippen LogP contribution in [0.25, 0.3) is 0 Å². The Kier molecular flexibility index (Phi) is 9.07. The fourth-order valence-electron chi connectivity index (χ4n) is 2.57. The number of hydrogen-bond donors (Lipinski definition) is 2. The van der Waals surface area contributed by atoms with Crippen LogP contribution in [0.5, 0.6) is 5.75 Å². The van der Waals surface area contributed by atoms with Gasteiger partial charge in [-0.05, 0) is 45.0 Å². The summed E-state index contributed by atoms with van der Waals surface area (Å²) in [6.07, 6.45) is 5.21. The summed E-state index contributed by atoms with van der Waals surface area (Å²) in [5.41, 5.74) is 0.784. The average molecular weight is 368 g/mol. The number of nitrogens with zero attached hydrogens (tertiary/aromatic N) is 2. The van der Waals surface area contributed by atoms with Gasteiger partial charge in [0, 0.05) is 18.2 Å². The van der Waals surface area contributed by atoms with E-state index in [9.17, 15) is 10.1 Å². The van der Waals surface area contributed by atoms with Gasteiger partial charge in [-0.2, -0.15) is 0 Å². The molecule has 26 heavy (non-hydrogen) atoms. The first-order valence-corrected chi connectivity index (χ1v) is 8.37. The second kappa shape index (κ2) is 11.0. The van der Waals surface area contributed by atoms with Crippen LogP contribution in [0.2, 0.25) is 0 Å². The lowest BCUT2D eigenvalue weighted by atomic mass is 10.2. The predicted molar refractivity (Wildman–Crippen MR) is 93.5 cm³/mol. The Morgan fingerprint density at radius 2 is 1.73 bits per heavy atom. The minimum atomic E-state index is -1.82. The zero-order valence-electron chi connectivity index (χ0n) is 14.7. The van der Waals surface area contributed by atoms with Gasteiger partial charge in [0.1, 0.15) is 12.4 Å². The summed E-state index contributed by atoms with van der Waals surface area (Å²) < 4.78 is 5.70. The molecule has 1 aromatic rings. The predicted octanol–water partition coefficient (Wildman–Crippen LogP) is 2.31. The number of benzene rings is 1. The SMILES string of the molecule is Cc1cc(OCCN2CCCCCC2)ccc1[N+](=O)[O-].O=C(O)C(=O)O. The Hall–Kier alpha value is -2.68. The summed E-state index contributed by atoms with van der Waals surface area (Å²) in [5.74, 6) is -2.94. The molecule has 1 aromatic carbocycles. The minimum Gasteiger partial charge on any atom is -0.492 e. The third-order valence-corrected chi connectivity index (χ3v) is 3.92. The van der Waals surface area contributed by atoms with Crippen molar-refractivity contribution in [1.82, 2.24) is 4.90 Å². The van der Waals surface area contributed by atoms with Crippen LogP contribution >= 0.6 is 0 Å². The molecule has 9 nitrogen and oxygen atoms in total. The first-order valence-electron chi connectivity index (χ1n) is 8.37. The zero-order chi connectivity index (χ0) is 19.5. The van der Waals surface area contributed by atoms with Crippen LogP contribution in [0.1, 0.15) is 31.2 Å². The quantitative estimate of drug-likeness (QED) is 0.460. The van der Waals surface area contributed by atoms with Crippen LogP contribution in [0, 0.1) is 17.0 Å². The van der Waals surface area contributed by atoms with Crippen molar-refractivity contribution in [1.29, 1.82) is 0 Å². The van der Waals surface area contributed by atoms with E-state index in [4.69, 9.17) is 24.5 Å². The van der Waals surface area contributed by atoms with Crippen molar-refractivity contribution in [3.05, 3.63) is 33.9 Å². The number of ether oxygens (including phenoxy) is 1. The third-order valence-electron chi connectivity index (χ3n) is 3.92. The standard InChI is InChI=1S/C15H22N2O3.C2H2O4/c1-13-12-14(6-7-15(13)17(18)19)20-11-10-16-8-4-2-3-5-9-16;3-1(4)2(5)6/h6-7,12H,2-5,8-11H2,1H3;(H,3,4)(H,5,6). The van der Waals surface area contributed by atoms with Gasteiger partial charge in [-0.3, -0.25) is 15.0 Å². The Labute approximate surface area is 151 Å². The van der Waals surface area contributed by atoms with Gasteiger partial charge in [-0.15, -0.1) is 0 Å². The Morgan fingerprint density at radius 1 is 1.15 bits per heavy atom. The number of likely N-dealkylation sites (tertiary alicyclic amines) is 1. The average Bonchev–Trinajstić information content (AvgIpc) is 2.84. The number of carboxylic acid groups (broad SMARTS) is 2. The van der Waals surface area contributed by atoms with Crippen molar-refractivity contribution in [3.63, 3.8) is 0 Å². The van der Waals surface area contributed by atoms with Crippen molar-refractivity contribution in [2.75, 3.05) is 26.2 Å². The van der Waals surface area contributed by atoms with E-state index in [0.717, 1.165) is 19.6 Å². The molecule has 0 saturated carbocycles. The first kappa shape index (κ1) is 21.4. The number of nitro benzene ring substituents is 1. The topological polar surface area (TPSA) is 130 Å². The highest BCUT2D eigenvalue weighted by Crippen LogP contribution is 2.23. The number of aryl methyl sites for hydroxylation is 1. The van der Waals surface area contributed by atoms with E-state index in [1.54, 1.807) is 19.1 Å². The summed E-state index contributed by atoms with van der Waals surface area (Å²) in [6.45, 7) is 5.61. The smallest absolute Gasteiger partial charge is 0.414 e. The Balaban J connectivity index is 0.000000487. The van der Waals surface area contributed by atoms with Crippen LogP contribution in [-0.2, 0) is 9.59 Å². The lowest BCUT2D eigenvalue weighted by molar-refractivity contribution is -0.385. The summed E-state index contributed by atoms with van der Waals surface area (Å²) in [4.78, 5) is 31.0. The van der Waals surface area contributed by atoms with E-state index in [1.165, 1.54) is 31.7 Å². The number of aliphatic carboxylic acids is 2. The molecule has 0 atom stereocenters. The molecule has 0 amide bonds. The molecule has 1 saturated heterocycles. The largest absolute Gasteiger partial charge is 0.492 e. The van der Waals surface area contributed by atoms with Crippen molar-refractivity contribution in [2.45, 2.75) is 32.6 Å². The summed E-state index contributed by atoms with van der Waals surface area (Å²) in [7, 11) is 0. The number of hydrogen-bond acceptors (Lipinski definition) is 6. The molecule has 0 aliphatic carbocycles. The normalized spacial score (nSPS) is 14.5. The number of rotatable bonds is 5. The van der Waals surface area contributed by atoms with Gasteiger partial charge in [0.15, 0.2) is 0 Å². The van der Waals surface area contributed by atoms with Crippen molar-refractivity contribution in [3.8, 4) is 5.75 Å². The second-order valence-corrected chi connectivity index (χ2v) is 5.92. The van der Waals surface area contributed by atoms with Gasteiger partial charge in [-0.1, -0.05) is 12.8 Å². The highest BCUT2D eigenvalue weighted by atomic mass is 16.6.